The summed E-state index contributed by atoms with van der Waals surface area (Å²) < 4.78 is 2.09. The molecule has 5 nitrogen and oxygen atoms in total. The molecule has 0 aliphatic rings. The first kappa shape index (κ1) is 17.0. The minimum absolute atomic E-state index is 0.0554. The fourth-order valence-corrected chi connectivity index (χ4v) is 3.19. The van der Waals surface area contributed by atoms with Gasteiger partial charge in [0.2, 0.25) is 5.95 Å². The van der Waals surface area contributed by atoms with Gasteiger partial charge in [-0.05, 0) is 5.56 Å². The predicted molar refractivity (Wildman–Crippen MR) is 108 cm³/mol. The Hall–Kier alpha value is -3.47. The lowest BCUT2D eigenvalue weighted by molar-refractivity contribution is 0.672. The summed E-state index contributed by atoms with van der Waals surface area (Å²) in [5.74, 6) is 0.690. The van der Waals surface area contributed by atoms with Gasteiger partial charge in [-0.1, -0.05) is 60.7 Å². The van der Waals surface area contributed by atoms with Crippen molar-refractivity contribution in [1.82, 2.24) is 19.5 Å². The van der Waals surface area contributed by atoms with Crippen molar-refractivity contribution in [2.45, 2.75) is 6.04 Å². The van der Waals surface area contributed by atoms with E-state index in [4.69, 9.17) is 4.98 Å². The minimum atomic E-state index is -0.0554. The summed E-state index contributed by atoms with van der Waals surface area (Å²) in [5, 5.41) is 0. The molecule has 1 unspecified atom stereocenters. The third-order valence-electron chi connectivity index (χ3n) is 4.48. The number of rotatable bonds is 5. The Labute approximate surface area is 159 Å². The van der Waals surface area contributed by atoms with E-state index in [1.807, 2.05) is 62.0 Å². The average molecular weight is 355 g/mol. The smallest absolute Gasteiger partial charge is 0.225 e. The third kappa shape index (κ3) is 3.44. The zero-order valence-electron chi connectivity index (χ0n) is 15.4. The van der Waals surface area contributed by atoms with Gasteiger partial charge in [0.15, 0.2) is 0 Å². The second-order valence-electron chi connectivity index (χ2n) is 6.56. The zero-order valence-corrected chi connectivity index (χ0v) is 15.4. The molecular formula is C22H21N5. The normalized spacial score (nSPS) is 11.9. The molecule has 27 heavy (non-hydrogen) atoms. The van der Waals surface area contributed by atoms with Crippen LogP contribution in [0.25, 0.3) is 11.3 Å². The van der Waals surface area contributed by atoms with Crippen LogP contribution in [0.15, 0.2) is 85.6 Å². The molecule has 4 rings (SSSR count). The van der Waals surface area contributed by atoms with E-state index < -0.39 is 0 Å². The van der Waals surface area contributed by atoms with E-state index in [1.165, 1.54) is 0 Å². The Bertz CT molecular complexity index is 996. The van der Waals surface area contributed by atoms with Crippen molar-refractivity contribution < 1.29 is 0 Å². The average Bonchev–Trinajstić information content (AvgIpc) is 3.24. The molecule has 0 fully saturated rings. The molecule has 0 amide bonds. The first-order chi connectivity index (χ1) is 13.2. The fourth-order valence-electron chi connectivity index (χ4n) is 3.19. The lowest BCUT2D eigenvalue weighted by Crippen LogP contribution is -2.17. The van der Waals surface area contributed by atoms with Gasteiger partial charge in [-0.2, -0.15) is 0 Å². The standard InChI is InChI=1S/C22H21N5/c1-26(2)22-24-15-19(20(25-22)17-9-5-3-6-10-17)21(27-14-13-23-16-27)18-11-7-4-8-12-18/h3-16,21H,1-2H3. The van der Waals surface area contributed by atoms with Crippen molar-refractivity contribution in [2.75, 3.05) is 19.0 Å². The van der Waals surface area contributed by atoms with Crippen LogP contribution in [0.1, 0.15) is 17.2 Å². The van der Waals surface area contributed by atoms with Crippen LogP contribution in [0, 0.1) is 0 Å². The van der Waals surface area contributed by atoms with Gasteiger partial charge in [-0.25, -0.2) is 15.0 Å². The van der Waals surface area contributed by atoms with Gasteiger partial charge < -0.3 is 9.47 Å². The molecule has 0 saturated heterocycles. The van der Waals surface area contributed by atoms with Crippen LogP contribution >= 0.6 is 0 Å². The molecule has 2 heterocycles. The molecule has 0 aliphatic carbocycles. The van der Waals surface area contributed by atoms with Gasteiger partial charge in [0, 0.05) is 43.8 Å². The number of aromatic nitrogens is 4. The summed E-state index contributed by atoms with van der Waals surface area (Å²) in [5.41, 5.74) is 4.20. The Morgan fingerprint density at radius 3 is 2.26 bits per heavy atom. The third-order valence-corrected chi connectivity index (χ3v) is 4.48. The molecule has 2 aromatic carbocycles. The van der Waals surface area contributed by atoms with Gasteiger partial charge in [0.1, 0.15) is 0 Å². The second kappa shape index (κ2) is 7.41. The maximum absolute atomic E-state index is 4.88. The van der Waals surface area contributed by atoms with Crippen LogP contribution in [0.3, 0.4) is 0 Å². The summed E-state index contributed by atoms with van der Waals surface area (Å²) in [6.07, 6.45) is 7.55. The molecule has 2 aromatic heterocycles. The van der Waals surface area contributed by atoms with E-state index in [0.29, 0.717) is 5.95 Å². The van der Waals surface area contributed by atoms with Crippen LogP contribution in [-0.2, 0) is 0 Å². The minimum Gasteiger partial charge on any atom is -0.347 e. The monoisotopic (exact) mass is 355 g/mol. The van der Waals surface area contributed by atoms with E-state index in [-0.39, 0.29) is 6.04 Å². The van der Waals surface area contributed by atoms with Crippen LogP contribution in [0.4, 0.5) is 5.95 Å². The summed E-state index contributed by atoms with van der Waals surface area (Å²) in [4.78, 5) is 15.7. The Morgan fingerprint density at radius 2 is 1.63 bits per heavy atom. The van der Waals surface area contributed by atoms with Gasteiger partial charge in [-0.15, -0.1) is 0 Å². The topological polar surface area (TPSA) is 46.8 Å². The molecule has 0 radical (unpaired) electrons. The summed E-state index contributed by atoms with van der Waals surface area (Å²) in [6, 6.07) is 20.6. The highest BCUT2D eigenvalue weighted by Crippen LogP contribution is 2.33. The molecule has 0 spiro atoms. The molecular weight excluding hydrogens is 334 g/mol. The van der Waals surface area contributed by atoms with E-state index in [1.54, 1.807) is 6.20 Å². The number of hydrogen-bond donors (Lipinski definition) is 0. The second-order valence-corrected chi connectivity index (χ2v) is 6.56. The summed E-state index contributed by atoms with van der Waals surface area (Å²) in [6.45, 7) is 0. The van der Waals surface area contributed by atoms with E-state index in [2.05, 4.69) is 50.9 Å². The van der Waals surface area contributed by atoms with E-state index in [0.717, 1.165) is 22.4 Å². The molecule has 1 atom stereocenters. The highest BCUT2D eigenvalue weighted by atomic mass is 15.2. The summed E-state index contributed by atoms with van der Waals surface area (Å²) >= 11 is 0. The fraction of sp³-hybridized carbons (Fsp3) is 0.136. The number of hydrogen-bond acceptors (Lipinski definition) is 4. The Balaban J connectivity index is 1.95. The molecule has 4 aromatic rings. The van der Waals surface area contributed by atoms with Crippen molar-refractivity contribution in [2.24, 2.45) is 0 Å². The molecule has 0 N–H and O–H groups in total. The van der Waals surface area contributed by atoms with Gasteiger partial charge in [0.05, 0.1) is 18.1 Å². The first-order valence-corrected chi connectivity index (χ1v) is 8.86. The maximum Gasteiger partial charge on any atom is 0.225 e. The van der Waals surface area contributed by atoms with Crippen molar-refractivity contribution in [3.63, 3.8) is 0 Å². The van der Waals surface area contributed by atoms with Gasteiger partial charge >= 0.3 is 0 Å². The number of imidazole rings is 1. The first-order valence-electron chi connectivity index (χ1n) is 8.86. The van der Waals surface area contributed by atoms with Gasteiger partial charge in [0.25, 0.3) is 0 Å². The van der Waals surface area contributed by atoms with Crippen LogP contribution in [-0.4, -0.2) is 33.6 Å². The van der Waals surface area contributed by atoms with E-state index in [9.17, 15) is 0 Å². The molecule has 134 valence electrons. The highest BCUT2D eigenvalue weighted by Gasteiger charge is 2.22. The lowest BCUT2D eigenvalue weighted by atomic mass is 9.95. The number of benzene rings is 2. The molecule has 0 bridgehead atoms. The number of anilines is 1. The van der Waals surface area contributed by atoms with Crippen molar-refractivity contribution >= 4 is 5.95 Å². The van der Waals surface area contributed by atoms with Crippen LogP contribution in [0.5, 0.6) is 0 Å². The predicted octanol–water partition coefficient (Wildman–Crippen LogP) is 4.04. The Morgan fingerprint density at radius 1 is 0.926 bits per heavy atom. The van der Waals surface area contributed by atoms with Crippen molar-refractivity contribution in [3.8, 4) is 11.3 Å². The molecule has 5 heteroatoms. The Kier molecular flexibility index (Phi) is 4.66. The molecule has 0 aliphatic heterocycles. The van der Waals surface area contributed by atoms with Crippen LogP contribution in [0.2, 0.25) is 0 Å². The van der Waals surface area contributed by atoms with Crippen molar-refractivity contribution in [1.29, 1.82) is 0 Å². The molecule has 0 saturated carbocycles. The number of nitrogens with zero attached hydrogens (tertiary/aromatic N) is 5. The quantitative estimate of drug-likeness (QED) is 0.542. The van der Waals surface area contributed by atoms with E-state index >= 15 is 0 Å². The zero-order chi connectivity index (χ0) is 18.6. The lowest BCUT2D eigenvalue weighted by Gasteiger charge is -2.23. The van der Waals surface area contributed by atoms with Gasteiger partial charge in [-0.3, -0.25) is 0 Å². The highest BCUT2D eigenvalue weighted by molar-refractivity contribution is 5.65. The summed E-state index contributed by atoms with van der Waals surface area (Å²) in [7, 11) is 3.91. The SMILES string of the molecule is CN(C)c1ncc(C(c2ccccc2)n2ccnc2)c(-c2ccccc2)n1. The van der Waals surface area contributed by atoms with Crippen molar-refractivity contribution in [3.05, 3.63) is 96.7 Å². The maximum atomic E-state index is 4.88. The largest absolute Gasteiger partial charge is 0.347 e. The van der Waals surface area contributed by atoms with Crippen LogP contribution < -0.4 is 4.90 Å².